The van der Waals surface area contributed by atoms with Crippen molar-refractivity contribution in [1.82, 2.24) is 14.8 Å². The van der Waals surface area contributed by atoms with E-state index in [1.165, 1.54) is 30.3 Å². The molecule has 1 amide bonds. The molecular formula is C17H14FN5O3S. The molecule has 3 rings (SSSR count). The topological polar surface area (TPSA) is 103 Å². The number of amides is 1. The van der Waals surface area contributed by atoms with Crippen molar-refractivity contribution in [1.29, 1.82) is 0 Å². The van der Waals surface area contributed by atoms with E-state index in [-0.39, 0.29) is 17.3 Å². The number of anilines is 1. The number of hydrogen-bond acceptors (Lipinski definition) is 6. The van der Waals surface area contributed by atoms with Crippen LogP contribution in [0.3, 0.4) is 0 Å². The van der Waals surface area contributed by atoms with Gasteiger partial charge in [-0.3, -0.25) is 14.9 Å². The summed E-state index contributed by atoms with van der Waals surface area (Å²) in [6, 6.07) is 11.8. The van der Waals surface area contributed by atoms with Gasteiger partial charge in [-0.1, -0.05) is 23.9 Å². The van der Waals surface area contributed by atoms with Crippen LogP contribution in [-0.4, -0.2) is 31.3 Å². The van der Waals surface area contributed by atoms with E-state index in [1.807, 2.05) is 0 Å². The van der Waals surface area contributed by atoms with E-state index in [0.717, 1.165) is 11.8 Å². The highest BCUT2D eigenvalue weighted by atomic mass is 32.2. The van der Waals surface area contributed by atoms with Crippen molar-refractivity contribution < 1.29 is 14.1 Å². The van der Waals surface area contributed by atoms with Gasteiger partial charge < -0.3 is 9.88 Å². The average molecular weight is 387 g/mol. The molecule has 0 unspecified atom stereocenters. The lowest BCUT2D eigenvalue weighted by Gasteiger charge is -2.06. The number of carbonyl (C=O) groups excluding carboxylic acids is 1. The SMILES string of the molecule is Cn1c(SCC(=O)Nc2ccc([N+](=O)[O-])cc2)nnc1-c1ccccc1F. The molecule has 8 nitrogen and oxygen atoms in total. The molecule has 3 aromatic rings. The molecule has 1 aromatic heterocycles. The number of carbonyl (C=O) groups is 1. The largest absolute Gasteiger partial charge is 0.325 e. The second kappa shape index (κ2) is 7.96. The maximum Gasteiger partial charge on any atom is 0.269 e. The van der Waals surface area contributed by atoms with Crippen LogP contribution in [-0.2, 0) is 11.8 Å². The second-order valence-electron chi connectivity index (χ2n) is 5.49. The molecule has 10 heteroatoms. The molecule has 2 aromatic carbocycles. The Labute approximate surface area is 157 Å². The third kappa shape index (κ3) is 4.29. The molecule has 0 radical (unpaired) electrons. The van der Waals surface area contributed by atoms with Gasteiger partial charge in [0, 0.05) is 24.9 Å². The number of nitrogens with one attached hydrogen (secondary N) is 1. The molecule has 138 valence electrons. The van der Waals surface area contributed by atoms with E-state index >= 15 is 0 Å². The first-order chi connectivity index (χ1) is 13.0. The van der Waals surface area contributed by atoms with Gasteiger partial charge in [0.25, 0.3) is 5.69 Å². The lowest BCUT2D eigenvalue weighted by atomic mass is 10.2. The molecule has 1 N–H and O–H groups in total. The van der Waals surface area contributed by atoms with Crippen molar-refractivity contribution in [3.63, 3.8) is 0 Å². The van der Waals surface area contributed by atoms with E-state index in [4.69, 9.17) is 0 Å². The molecule has 0 spiro atoms. The van der Waals surface area contributed by atoms with Gasteiger partial charge in [-0.25, -0.2) is 4.39 Å². The Morgan fingerprint density at radius 3 is 2.59 bits per heavy atom. The standard InChI is InChI=1S/C17H14FN5O3S/c1-22-16(13-4-2-3-5-14(13)18)20-21-17(22)27-10-15(24)19-11-6-8-12(9-7-11)23(25)26/h2-9H,10H2,1H3,(H,19,24). The average Bonchev–Trinajstić information content (AvgIpc) is 3.01. The van der Waals surface area contributed by atoms with Crippen LogP contribution < -0.4 is 5.32 Å². The summed E-state index contributed by atoms with van der Waals surface area (Å²) in [5, 5.41) is 21.7. The third-order valence-corrected chi connectivity index (χ3v) is 4.66. The zero-order chi connectivity index (χ0) is 19.4. The number of nitro benzene ring substituents is 1. The summed E-state index contributed by atoms with van der Waals surface area (Å²) in [5.74, 6) is -0.281. The van der Waals surface area contributed by atoms with E-state index in [2.05, 4.69) is 15.5 Å². The molecule has 0 fully saturated rings. The maximum atomic E-state index is 13.9. The molecule has 0 aliphatic heterocycles. The minimum absolute atomic E-state index is 0.0536. The number of hydrogen-bond donors (Lipinski definition) is 1. The van der Waals surface area contributed by atoms with Crippen LogP contribution in [0.2, 0.25) is 0 Å². The fourth-order valence-electron chi connectivity index (χ4n) is 2.31. The summed E-state index contributed by atoms with van der Waals surface area (Å²) in [6.07, 6.45) is 0. The predicted octanol–water partition coefficient (Wildman–Crippen LogP) is 3.26. The van der Waals surface area contributed by atoms with Gasteiger partial charge in [-0.05, 0) is 24.3 Å². The first-order valence-corrected chi connectivity index (χ1v) is 8.75. The van der Waals surface area contributed by atoms with Crippen LogP contribution in [0.25, 0.3) is 11.4 Å². The second-order valence-corrected chi connectivity index (χ2v) is 6.43. The van der Waals surface area contributed by atoms with Crippen LogP contribution in [0.4, 0.5) is 15.8 Å². The highest BCUT2D eigenvalue weighted by molar-refractivity contribution is 7.99. The number of nitro groups is 1. The predicted molar refractivity (Wildman–Crippen MR) is 98.8 cm³/mol. The fraction of sp³-hybridized carbons (Fsp3) is 0.118. The quantitative estimate of drug-likeness (QED) is 0.396. The Balaban J connectivity index is 1.62. The minimum Gasteiger partial charge on any atom is -0.325 e. The molecular weight excluding hydrogens is 373 g/mol. The number of aromatic nitrogens is 3. The van der Waals surface area contributed by atoms with Gasteiger partial charge in [-0.15, -0.1) is 10.2 Å². The van der Waals surface area contributed by atoms with E-state index in [9.17, 15) is 19.3 Å². The Hall–Kier alpha value is -3.27. The molecule has 0 aliphatic carbocycles. The van der Waals surface area contributed by atoms with Crippen LogP contribution >= 0.6 is 11.8 Å². The van der Waals surface area contributed by atoms with Crippen molar-refractivity contribution >= 4 is 29.0 Å². The van der Waals surface area contributed by atoms with E-state index in [1.54, 1.807) is 29.8 Å². The Kier molecular flexibility index (Phi) is 5.46. The summed E-state index contributed by atoms with van der Waals surface area (Å²) in [7, 11) is 1.69. The minimum atomic E-state index is -0.511. The van der Waals surface area contributed by atoms with Gasteiger partial charge in [0.15, 0.2) is 11.0 Å². The van der Waals surface area contributed by atoms with Crippen molar-refractivity contribution in [3.05, 3.63) is 64.5 Å². The lowest BCUT2D eigenvalue weighted by Crippen LogP contribution is -2.14. The van der Waals surface area contributed by atoms with E-state index < -0.39 is 10.7 Å². The van der Waals surface area contributed by atoms with Crippen molar-refractivity contribution in [2.45, 2.75) is 5.16 Å². The monoisotopic (exact) mass is 387 g/mol. The van der Waals surface area contributed by atoms with Crippen molar-refractivity contribution in [2.24, 2.45) is 7.05 Å². The molecule has 27 heavy (non-hydrogen) atoms. The Morgan fingerprint density at radius 1 is 1.22 bits per heavy atom. The van der Waals surface area contributed by atoms with Crippen LogP contribution in [0.1, 0.15) is 0 Å². The van der Waals surface area contributed by atoms with Crippen LogP contribution in [0.5, 0.6) is 0 Å². The highest BCUT2D eigenvalue weighted by Gasteiger charge is 2.15. The molecule has 0 saturated carbocycles. The van der Waals surface area contributed by atoms with Crippen molar-refractivity contribution in [2.75, 3.05) is 11.1 Å². The van der Waals surface area contributed by atoms with Gasteiger partial charge in [-0.2, -0.15) is 0 Å². The van der Waals surface area contributed by atoms with Gasteiger partial charge in [0.2, 0.25) is 5.91 Å². The maximum absolute atomic E-state index is 13.9. The summed E-state index contributed by atoms with van der Waals surface area (Å²) < 4.78 is 15.5. The number of non-ortho nitro benzene ring substituents is 1. The molecule has 0 saturated heterocycles. The number of thioether (sulfide) groups is 1. The summed E-state index contributed by atoms with van der Waals surface area (Å²) in [4.78, 5) is 22.2. The molecule has 0 bridgehead atoms. The van der Waals surface area contributed by atoms with E-state index in [0.29, 0.717) is 22.2 Å². The fourth-order valence-corrected chi connectivity index (χ4v) is 3.02. The smallest absolute Gasteiger partial charge is 0.269 e. The Bertz CT molecular complexity index is 990. The number of halogens is 1. The van der Waals surface area contributed by atoms with Gasteiger partial charge in [0.05, 0.1) is 16.2 Å². The summed E-state index contributed by atoms with van der Waals surface area (Å²) in [5.41, 5.74) is 0.730. The van der Waals surface area contributed by atoms with Crippen LogP contribution in [0.15, 0.2) is 53.7 Å². The number of benzene rings is 2. The molecule has 0 atom stereocenters. The van der Waals surface area contributed by atoms with Crippen LogP contribution in [0, 0.1) is 15.9 Å². The molecule has 1 heterocycles. The third-order valence-electron chi connectivity index (χ3n) is 3.64. The number of nitrogens with zero attached hydrogens (tertiary/aromatic N) is 4. The first-order valence-electron chi connectivity index (χ1n) is 7.77. The zero-order valence-corrected chi connectivity index (χ0v) is 14.9. The molecule has 0 aliphatic rings. The number of rotatable bonds is 6. The van der Waals surface area contributed by atoms with Crippen molar-refractivity contribution in [3.8, 4) is 11.4 Å². The normalized spacial score (nSPS) is 10.6. The summed E-state index contributed by atoms with van der Waals surface area (Å²) in [6.45, 7) is 0. The zero-order valence-electron chi connectivity index (χ0n) is 14.1. The highest BCUT2D eigenvalue weighted by Crippen LogP contribution is 2.24. The Morgan fingerprint density at radius 2 is 1.93 bits per heavy atom. The van der Waals surface area contributed by atoms with Gasteiger partial charge in [0.1, 0.15) is 5.82 Å². The lowest BCUT2D eigenvalue weighted by molar-refractivity contribution is -0.384. The first kappa shape index (κ1) is 18.5. The summed E-state index contributed by atoms with van der Waals surface area (Å²) >= 11 is 1.15. The van der Waals surface area contributed by atoms with Gasteiger partial charge >= 0.3 is 0 Å².